The van der Waals surface area contributed by atoms with Gasteiger partial charge >= 0.3 is 0 Å². The van der Waals surface area contributed by atoms with Gasteiger partial charge in [0, 0.05) is 4.58 Å². The van der Waals surface area contributed by atoms with Gasteiger partial charge in [-0.3, -0.25) is 0 Å². The fraction of sp³-hybridized carbons (Fsp3) is 1.00. The van der Waals surface area contributed by atoms with E-state index in [0.717, 1.165) is 0 Å². The minimum atomic E-state index is 0.515. The van der Waals surface area contributed by atoms with E-state index < -0.39 is 0 Å². The van der Waals surface area contributed by atoms with E-state index >= 15 is 0 Å². The topological polar surface area (TPSA) is 0 Å². The molecule has 8 heavy (non-hydrogen) atoms. The van der Waals surface area contributed by atoms with Crippen LogP contribution in [0.15, 0.2) is 0 Å². The first-order chi connectivity index (χ1) is 3.77. The van der Waals surface area contributed by atoms with Gasteiger partial charge in [0.15, 0.2) is 0 Å². The average molecular weight is 150 g/mol. The summed E-state index contributed by atoms with van der Waals surface area (Å²) in [5.41, 5.74) is 0. The second kappa shape index (κ2) is 5.83. The van der Waals surface area contributed by atoms with Gasteiger partial charge < -0.3 is 0 Å². The molecule has 50 valence electrons. The molecule has 0 aliphatic carbocycles. The van der Waals surface area contributed by atoms with E-state index in [1.165, 1.54) is 18.6 Å². The van der Waals surface area contributed by atoms with Gasteiger partial charge in [0.1, 0.15) is 0 Å². The molecular formula is C6H14S2. The maximum absolute atomic E-state index is 4.23. The Bertz CT molecular complexity index is 43.8. The Morgan fingerprint density at radius 3 is 2.62 bits per heavy atom. The highest BCUT2D eigenvalue weighted by Gasteiger charge is 1.91. The number of hydrogen-bond donors (Lipinski definition) is 1. The van der Waals surface area contributed by atoms with Crippen molar-refractivity contribution in [2.75, 3.05) is 5.75 Å². The highest BCUT2D eigenvalue weighted by Crippen LogP contribution is 2.14. The van der Waals surface area contributed by atoms with E-state index in [-0.39, 0.29) is 0 Å². The second-order valence-electron chi connectivity index (χ2n) is 1.82. The van der Waals surface area contributed by atoms with Crippen LogP contribution in [0.4, 0.5) is 0 Å². The second-order valence-corrected chi connectivity index (χ2v) is 4.40. The van der Waals surface area contributed by atoms with Crippen LogP contribution < -0.4 is 0 Å². The van der Waals surface area contributed by atoms with Crippen LogP contribution in [-0.2, 0) is 0 Å². The normalized spacial score (nSPS) is 13.9. The number of rotatable bonds is 4. The van der Waals surface area contributed by atoms with Crippen molar-refractivity contribution in [2.45, 2.75) is 31.3 Å². The Morgan fingerprint density at radius 1 is 1.62 bits per heavy atom. The van der Waals surface area contributed by atoms with Gasteiger partial charge in [-0.25, -0.2) is 0 Å². The first kappa shape index (κ1) is 8.70. The summed E-state index contributed by atoms with van der Waals surface area (Å²) in [7, 11) is 0. The van der Waals surface area contributed by atoms with Crippen LogP contribution in [-0.4, -0.2) is 10.3 Å². The molecule has 0 N–H and O–H groups in total. The molecule has 1 unspecified atom stereocenters. The monoisotopic (exact) mass is 150 g/mol. The number of unbranched alkanes of at least 4 members (excludes halogenated alkanes) is 1. The molecule has 0 rings (SSSR count). The van der Waals surface area contributed by atoms with E-state index in [9.17, 15) is 0 Å². The predicted octanol–water partition coefficient (Wildman–Crippen LogP) is 2.80. The molecule has 2 heteroatoms. The quantitative estimate of drug-likeness (QED) is 0.365. The maximum Gasteiger partial charge on any atom is 0.0444 e. The molecule has 0 saturated heterocycles. The minimum Gasteiger partial charge on any atom is -0.165 e. The first-order valence-corrected chi connectivity index (χ1v) is 4.63. The van der Waals surface area contributed by atoms with Gasteiger partial charge in [-0.1, -0.05) is 13.3 Å². The molecule has 0 fully saturated rings. The Kier molecular flexibility index (Phi) is 6.34. The summed E-state index contributed by atoms with van der Waals surface area (Å²) in [6, 6.07) is 0. The van der Waals surface area contributed by atoms with Crippen LogP contribution in [0.1, 0.15) is 26.7 Å². The van der Waals surface area contributed by atoms with Gasteiger partial charge in [0.2, 0.25) is 0 Å². The van der Waals surface area contributed by atoms with Crippen molar-refractivity contribution in [3.05, 3.63) is 0 Å². The first-order valence-electron chi connectivity index (χ1n) is 3.07. The van der Waals surface area contributed by atoms with Crippen LogP contribution in [0.25, 0.3) is 0 Å². The van der Waals surface area contributed by atoms with Gasteiger partial charge in [-0.2, -0.15) is 12.6 Å². The van der Waals surface area contributed by atoms with Crippen LogP contribution in [0.3, 0.4) is 0 Å². The third-order valence-electron chi connectivity index (χ3n) is 0.857. The van der Waals surface area contributed by atoms with Crippen molar-refractivity contribution >= 4 is 24.4 Å². The molecule has 0 spiro atoms. The zero-order valence-electron chi connectivity index (χ0n) is 5.55. The standard InChI is InChI=1S/C6H14S2/c1-3-4-5-8-6(2)7/h6-7H,3-5H2,1-2H3. The third-order valence-corrected chi connectivity index (χ3v) is 2.31. The lowest BCUT2D eigenvalue weighted by Crippen LogP contribution is -1.84. The van der Waals surface area contributed by atoms with Gasteiger partial charge in [0.05, 0.1) is 0 Å². The molecule has 1 atom stereocenters. The lowest BCUT2D eigenvalue weighted by atomic mass is 10.4. The van der Waals surface area contributed by atoms with Crippen molar-refractivity contribution in [3.8, 4) is 0 Å². The van der Waals surface area contributed by atoms with Crippen LogP contribution in [0, 0.1) is 0 Å². The molecule has 0 aliphatic rings. The summed E-state index contributed by atoms with van der Waals surface area (Å²) in [5.74, 6) is 1.27. The molecule has 0 aromatic heterocycles. The molecule has 0 bridgehead atoms. The molecular weight excluding hydrogens is 136 g/mol. The van der Waals surface area contributed by atoms with Gasteiger partial charge in [-0.05, 0) is 19.1 Å². The molecule has 0 radical (unpaired) electrons. The Balaban J connectivity index is 2.72. The van der Waals surface area contributed by atoms with Gasteiger partial charge in [-0.15, -0.1) is 11.8 Å². The van der Waals surface area contributed by atoms with E-state index in [4.69, 9.17) is 0 Å². The third kappa shape index (κ3) is 6.70. The summed E-state index contributed by atoms with van der Waals surface area (Å²) in [6.45, 7) is 4.33. The number of thiol groups is 1. The summed E-state index contributed by atoms with van der Waals surface area (Å²) in [5, 5.41) is 0. The molecule has 0 amide bonds. The number of thioether (sulfide) groups is 1. The molecule has 0 aromatic rings. The molecule has 0 aromatic carbocycles. The van der Waals surface area contributed by atoms with E-state index in [1.54, 1.807) is 0 Å². The smallest absolute Gasteiger partial charge is 0.0444 e. The zero-order chi connectivity index (χ0) is 6.41. The Labute approximate surface area is 61.8 Å². The molecule has 0 aliphatic heterocycles. The van der Waals surface area contributed by atoms with Crippen LogP contribution in [0.2, 0.25) is 0 Å². The van der Waals surface area contributed by atoms with E-state index in [1.807, 2.05) is 11.8 Å². The van der Waals surface area contributed by atoms with Crippen LogP contribution >= 0.6 is 24.4 Å². The van der Waals surface area contributed by atoms with E-state index in [2.05, 4.69) is 26.5 Å². The molecule has 0 nitrogen and oxygen atoms in total. The van der Waals surface area contributed by atoms with Crippen molar-refractivity contribution in [1.29, 1.82) is 0 Å². The largest absolute Gasteiger partial charge is 0.165 e. The molecule has 0 heterocycles. The lowest BCUT2D eigenvalue weighted by molar-refractivity contribution is 0.896. The Hall–Kier alpha value is 0.700. The lowest BCUT2D eigenvalue weighted by Gasteiger charge is -2.00. The summed E-state index contributed by atoms with van der Waals surface area (Å²) < 4.78 is 0.515. The average Bonchev–Trinajstić information content (AvgIpc) is 1.66. The number of hydrogen-bond acceptors (Lipinski definition) is 2. The van der Waals surface area contributed by atoms with Gasteiger partial charge in [0.25, 0.3) is 0 Å². The molecule has 0 saturated carbocycles. The predicted molar refractivity (Wildman–Crippen MR) is 45.8 cm³/mol. The maximum atomic E-state index is 4.23. The highest BCUT2D eigenvalue weighted by atomic mass is 32.2. The van der Waals surface area contributed by atoms with E-state index in [0.29, 0.717) is 4.58 Å². The summed E-state index contributed by atoms with van der Waals surface area (Å²) >= 11 is 6.15. The highest BCUT2D eigenvalue weighted by molar-refractivity contribution is 8.10. The summed E-state index contributed by atoms with van der Waals surface area (Å²) in [6.07, 6.45) is 2.63. The minimum absolute atomic E-state index is 0.515. The van der Waals surface area contributed by atoms with Crippen molar-refractivity contribution < 1.29 is 0 Å². The van der Waals surface area contributed by atoms with Crippen molar-refractivity contribution in [1.82, 2.24) is 0 Å². The zero-order valence-corrected chi connectivity index (χ0v) is 7.27. The fourth-order valence-electron chi connectivity index (χ4n) is 0.398. The SMILES string of the molecule is CCCCSC(C)S. The van der Waals surface area contributed by atoms with Crippen molar-refractivity contribution in [3.63, 3.8) is 0 Å². The van der Waals surface area contributed by atoms with Crippen molar-refractivity contribution in [2.24, 2.45) is 0 Å². The fourth-order valence-corrected chi connectivity index (χ4v) is 1.51. The van der Waals surface area contributed by atoms with Crippen LogP contribution in [0.5, 0.6) is 0 Å². The summed E-state index contributed by atoms with van der Waals surface area (Å²) in [4.78, 5) is 0. The Morgan fingerprint density at radius 2 is 2.25 bits per heavy atom.